The van der Waals surface area contributed by atoms with E-state index >= 15 is 0 Å². The van der Waals surface area contributed by atoms with Gasteiger partial charge in [0.05, 0.1) is 5.60 Å². The highest BCUT2D eigenvalue weighted by molar-refractivity contribution is 6.69. The molecule has 0 fully saturated rings. The molecule has 0 spiro atoms. The zero-order valence-corrected chi connectivity index (χ0v) is 13.1. The summed E-state index contributed by atoms with van der Waals surface area (Å²) in [7, 11) is 1.10. The van der Waals surface area contributed by atoms with Gasteiger partial charge in [-0.15, -0.1) is 0 Å². The van der Waals surface area contributed by atoms with Gasteiger partial charge in [0.1, 0.15) is 5.22 Å². The maximum absolute atomic E-state index is 6.26. The summed E-state index contributed by atoms with van der Waals surface area (Å²) in [6.45, 7) is 12.6. The Balaban J connectivity index is 5.04. The standard InChI is InChI=1S/C12H28O3Si/c1-9-11(3,4)15-16(8,14-7)12(5,10-2)13-6/h9-10H2,1-8H3. The summed E-state index contributed by atoms with van der Waals surface area (Å²) in [5.74, 6) is 0. The highest BCUT2D eigenvalue weighted by Gasteiger charge is 2.52. The second kappa shape index (κ2) is 5.62. The van der Waals surface area contributed by atoms with Gasteiger partial charge in [-0.1, -0.05) is 13.8 Å². The van der Waals surface area contributed by atoms with Crippen LogP contribution in [0, 0.1) is 0 Å². The second-order valence-corrected chi connectivity index (χ2v) is 8.72. The Morgan fingerprint density at radius 3 is 1.75 bits per heavy atom. The Bertz CT molecular complexity index is 214. The third kappa shape index (κ3) is 3.29. The number of methoxy groups -OCH3 is 1. The van der Waals surface area contributed by atoms with Gasteiger partial charge in [0.25, 0.3) is 0 Å². The van der Waals surface area contributed by atoms with Crippen molar-refractivity contribution in [2.24, 2.45) is 0 Å². The van der Waals surface area contributed by atoms with Crippen LogP contribution in [-0.2, 0) is 13.6 Å². The third-order valence-corrected chi connectivity index (χ3v) is 8.00. The van der Waals surface area contributed by atoms with E-state index in [0.29, 0.717) is 0 Å². The average Bonchev–Trinajstić information content (AvgIpc) is 2.27. The van der Waals surface area contributed by atoms with Gasteiger partial charge in [-0.05, 0) is 40.2 Å². The molecule has 0 aromatic rings. The molecular weight excluding hydrogens is 220 g/mol. The fraction of sp³-hybridized carbons (Fsp3) is 1.00. The molecule has 16 heavy (non-hydrogen) atoms. The molecule has 98 valence electrons. The van der Waals surface area contributed by atoms with Crippen LogP contribution in [0.2, 0.25) is 6.55 Å². The SMILES string of the molecule is CCC(C)(C)O[Si](C)(OC)C(C)(CC)OC. The van der Waals surface area contributed by atoms with Crippen LogP contribution >= 0.6 is 0 Å². The molecule has 0 saturated heterocycles. The van der Waals surface area contributed by atoms with Gasteiger partial charge in [0, 0.05) is 14.2 Å². The van der Waals surface area contributed by atoms with Gasteiger partial charge in [-0.2, -0.15) is 0 Å². The molecule has 4 heteroatoms. The number of hydrogen-bond donors (Lipinski definition) is 0. The first-order valence-corrected chi connectivity index (χ1v) is 8.32. The van der Waals surface area contributed by atoms with E-state index in [9.17, 15) is 0 Å². The van der Waals surface area contributed by atoms with Crippen LogP contribution in [0.3, 0.4) is 0 Å². The van der Waals surface area contributed by atoms with E-state index in [2.05, 4.69) is 41.2 Å². The fourth-order valence-corrected chi connectivity index (χ4v) is 4.56. The topological polar surface area (TPSA) is 27.7 Å². The second-order valence-electron chi connectivity index (χ2n) is 5.15. The molecule has 0 amide bonds. The van der Waals surface area contributed by atoms with Gasteiger partial charge in [0.15, 0.2) is 0 Å². The van der Waals surface area contributed by atoms with Crippen molar-refractivity contribution < 1.29 is 13.6 Å². The monoisotopic (exact) mass is 248 g/mol. The number of hydrogen-bond acceptors (Lipinski definition) is 3. The quantitative estimate of drug-likeness (QED) is 0.647. The molecule has 0 bridgehead atoms. The fourth-order valence-electron chi connectivity index (χ4n) is 1.62. The minimum Gasteiger partial charge on any atom is -0.396 e. The van der Waals surface area contributed by atoms with E-state index in [1.807, 2.05) is 0 Å². The van der Waals surface area contributed by atoms with E-state index in [1.54, 1.807) is 14.2 Å². The lowest BCUT2D eigenvalue weighted by atomic mass is 10.1. The molecule has 0 saturated carbocycles. The summed E-state index contributed by atoms with van der Waals surface area (Å²) in [6, 6.07) is 0. The lowest BCUT2D eigenvalue weighted by molar-refractivity contribution is -0.0230. The van der Waals surface area contributed by atoms with Crippen molar-refractivity contribution >= 4 is 8.56 Å². The van der Waals surface area contributed by atoms with Crippen molar-refractivity contribution in [3.63, 3.8) is 0 Å². The van der Waals surface area contributed by atoms with E-state index < -0.39 is 8.56 Å². The molecule has 0 aliphatic heterocycles. The van der Waals surface area contributed by atoms with Crippen molar-refractivity contribution in [3.8, 4) is 0 Å². The van der Waals surface area contributed by atoms with Crippen LogP contribution in [0.4, 0.5) is 0 Å². The van der Waals surface area contributed by atoms with Gasteiger partial charge < -0.3 is 13.6 Å². The highest BCUT2D eigenvalue weighted by atomic mass is 28.4. The van der Waals surface area contributed by atoms with Crippen molar-refractivity contribution in [2.75, 3.05) is 14.2 Å². The zero-order valence-electron chi connectivity index (χ0n) is 12.1. The van der Waals surface area contributed by atoms with Crippen LogP contribution in [0.15, 0.2) is 0 Å². The normalized spacial score (nSPS) is 20.2. The van der Waals surface area contributed by atoms with Crippen LogP contribution in [0.5, 0.6) is 0 Å². The molecule has 0 rings (SSSR count). The molecule has 0 N–H and O–H groups in total. The van der Waals surface area contributed by atoms with E-state index in [1.165, 1.54) is 0 Å². The smallest absolute Gasteiger partial charge is 0.367 e. The van der Waals surface area contributed by atoms with Crippen LogP contribution < -0.4 is 0 Å². The molecule has 0 radical (unpaired) electrons. The van der Waals surface area contributed by atoms with Crippen molar-refractivity contribution in [3.05, 3.63) is 0 Å². The van der Waals surface area contributed by atoms with E-state index in [-0.39, 0.29) is 10.8 Å². The van der Waals surface area contributed by atoms with Crippen LogP contribution in [0.25, 0.3) is 0 Å². The molecule has 0 aromatic heterocycles. The number of ether oxygens (including phenoxy) is 1. The predicted molar refractivity (Wildman–Crippen MR) is 69.8 cm³/mol. The zero-order chi connectivity index (χ0) is 13.0. The maximum Gasteiger partial charge on any atom is 0.367 e. The Morgan fingerprint density at radius 1 is 1.00 bits per heavy atom. The summed E-state index contributed by atoms with van der Waals surface area (Å²) in [5, 5.41) is -0.311. The predicted octanol–water partition coefficient (Wildman–Crippen LogP) is 3.26. The Kier molecular flexibility index (Phi) is 5.66. The molecule has 0 aliphatic rings. The highest BCUT2D eigenvalue weighted by Crippen LogP contribution is 2.33. The summed E-state index contributed by atoms with van der Waals surface area (Å²) in [6.07, 6.45) is 1.85. The minimum atomic E-state index is -2.36. The number of rotatable bonds is 7. The first kappa shape index (κ1) is 16.1. The van der Waals surface area contributed by atoms with Gasteiger partial charge in [-0.25, -0.2) is 0 Å². The Hall–Kier alpha value is 0.0969. The van der Waals surface area contributed by atoms with E-state index in [4.69, 9.17) is 13.6 Å². The minimum absolute atomic E-state index is 0.161. The summed E-state index contributed by atoms with van der Waals surface area (Å²) in [5.41, 5.74) is -0.161. The lowest BCUT2D eigenvalue weighted by Gasteiger charge is -2.44. The summed E-state index contributed by atoms with van der Waals surface area (Å²) >= 11 is 0. The largest absolute Gasteiger partial charge is 0.396 e. The van der Waals surface area contributed by atoms with Gasteiger partial charge in [-0.3, -0.25) is 0 Å². The molecule has 3 nitrogen and oxygen atoms in total. The van der Waals surface area contributed by atoms with Crippen molar-refractivity contribution in [1.82, 2.24) is 0 Å². The third-order valence-electron chi connectivity index (χ3n) is 3.80. The molecule has 0 heterocycles. The molecule has 0 aliphatic carbocycles. The van der Waals surface area contributed by atoms with Gasteiger partial charge >= 0.3 is 8.56 Å². The maximum atomic E-state index is 6.26. The lowest BCUT2D eigenvalue weighted by Crippen LogP contribution is -2.62. The average molecular weight is 248 g/mol. The molecular formula is C12H28O3Si. The first-order chi connectivity index (χ1) is 7.20. The molecule has 0 aromatic carbocycles. The Morgan fingerprint density at radius 2 is 1.50 bits per heavy atom. The molecule has 2 atom stereocenters. The van der Waals surface area contributed by atoms with Crippen LogP contribution in [-0.4, -0.2) is 33.6 Å². The van der Waals surface area contributed by atoms with Gasteiger partial charge in [0.2, 0.25) is 0 Å². The summed E-state index contributed by atoms with van der Waals surface area (Å²) in [4.78, 5) is 0. The Labute approximate surface area is 102 Å². The van der Waals surface area contributed by atoms with E-state index in [0.717, 1.165) is 12.8 Å². The summed E-state index contributed by atoms with van der Waals surface area (Å²) < 4.78 is 17.6. The van der Waals surface area contributed by atoms with Crippen molar-refractivity contribution in [2.45, 2.75) is 64.8 Å². The molecule has 2 unspecified atom stereocenters. The van der Waals surface area contributed by atoms with Crippen LogP contribution in [0.1, 0.15) is 47.5 Å². The van der Waals surface area contributed by atoms with Crippen molar-refractivity contribution in [1.29, 1.82) is 0 Å². The first-order valence-electron chi connectivity index (χ1n) is 6.00.